The van der Waals surface area contributed by atoms with Crippen LogP contribution in [-0.2, 0) is 4.74 Å². The first-order valence-electron chi connectivity index (χ1n) is 6.80. The second-order valence-corrected chi connectivity index (χ2v) is 5.86. The molecule has 1 amide bonds. The zero-order chi connectivity index (χ0) is 16.2. The number of ketones is 1. The van der Waals surface area contributed by atoms with Gasteiger partial charge in [0.1, 0.15) is 11.4 Å². The van der Waals surface area contributed by atoms with E-state index in [-0.39, 0.29) is 5.78 Å². The maximum Gasteiger partial charge on any atom is 0.410 e. The highest BCUT2D eigenvalue weighted by Crippen LogP contribution is 2.16. The summed E-state index contributed by atoms with van der Waals surface area (Å²) in [6, 6.07) is 6.19. The van der Waals surface area contributed by atoms with Crippen molar-refractivity contribution in [3.63, 3.8) is 0 Å². The zero-order valence-electron chi connectivity index (χ0n) is 13.5. The van der Waals surface area contributed by atoms with Gasteiger partial charge in [0, 0.05) is 12.6 Å². The van der Waals surface area contributed by atoms with Crippen LogP contribution in [0.1, 0.15) is 38.1 Å². The minimum atomic E-state index is -0.603. The molecule has 0 aliphatic carbocycles. The topological polar surface area (TPSA) is 55.8 Å². The number of nitrogens with zero attached hydrogens (tertiary/aromatic N) is 1. The quantitative estimate of drug-likeness (QED) is 0.800. The third-order valence-electron chi connectivity index (χ3n) is 3.02. The standard InChI is InChI=1S/C16H23NO4/c1-11(17(5)15(19)21-16(2,3)4)14(18)12-7-9-13(20-6)10-8-12/h7-11H,1-6H3/t11-/m0/s1. The molecule has 116 valence electrons. The average Bonchev–Trinajstić information content (AvgIpc) is 2.43. The van der Waals surface area contributed by atoms with Crippen LogP contribution in [0.15, 0.2) is 24.3 Å². The second-order valence-electron chi connectivity index (χ2n) is 5.86. The maximum atomic E-state index is 12.4. The highest BCUT2D eigenvalue weighted by molar-refractivity contribution is 6.01. The summed E-state index contributed by atoms with van der Waals surface area (Å²) in [5.41, 5.74) is -0.0625. The molecule has 0 heterocycles. The van der Waals surface area contributed by atoms with Gasteiger partial charge in [-0.15, -0.1) is 0 Å². The SMILES string of the molecule is COc1ccc(C(=O)[C@H](C)N(C)C(=O)OC(C)(C)C)cc1. The van der Waals surface area contributed by atoms with Crippen molar-refractivity contribution in [2.24, 2.45) is 0 Å². The van der Waals surface area contributed by atoms with Crippen LogP contribution in [0.3, 0.4) is 0 Å². The Morgan fingerprint density at radius 3 is 2.10 bits per heavy atom. The molecule has 0 aliphatic heterocycles. The van der Waals surface area contributed by atoms with Crippen LogP contribution in [0.2, 0.25) is 0 Å². The first kappa shape index (κ1) is 17.0. The number of Topliss-reactive ketones (excluding diaryl/α,β-unsaturated/α-hetero) is 1. The van der Waals surface area contributed by atoms with E-state index >= 15 is 0 Å². The minimum Gasteiger partial charge on any atom is -0.497 e. The lowest BCUT2D eigenvalue weighted by Gasteiger charge is -2.28. The molecule has 1 aromatic rings. The molecule has 0 bridgehead atoms. The van der Waals surface area contributed by atoms with Crippen LogP contribution in [-0.4, -0.2) is 42.6 Å². The van der Waals surface area contributed by atoms with E-state index < -0.39 is 17.7 Å². The van der Waals surface area contributed by atoms with Crippen molar-refractivity contribution in [2.75, 3.05) is 14.2 Å². The predicted octanol–water partition coefficient (Wildman–Crippen LogP) is 3.13. The van der Waals surface area contributed by atoms with Gasteiger partial charge in [-0.25, -0.2) is 4.79 Å². The normalized spacial score (nSPS) is 12.5. The van der Waals surface area contributed by atoms with Crippen LogP contribution in [0, 0.1) is 0 Å². The number of benzene rings is 1. The van der Waals surface area contributed by atoms with Gasteiger partial charge in [0.2, 0.25) is 0 Å². The first-order chi connectivity index (χ1) is 9.65. The number of methoxy groups -OCH3 is 1. The highest BCUT2D eigenvalue weighted by Gasteiger charge is 2.27. The fourth-order valence-corrected chi connectivity index (χ4v) is 1.66. The molecule has 5 nitrogen and oxygen atoms in total. The summed E-state index contributed by atoms with van der Waals surface area (Å²) in [7, 11) is 3.12. The number of carbonyl (C=O) groups is 2. The molecule has 21 heavy (non-hydrogen) atoms. The summed E-state index contributed by atoms with van der Waals surface area (Å²) in [5, 5.41) is 0. The van der Waals surface area contributed by atoms with Gasteiger partial charge in [-0.3, -0.25) is 4.79 Å². The maximum absolute atomic E-state index is 12.4. The van der Waals surface area contributed by atoms with E-state index in [0.29, 0.717) is 11.3 Å². The molecule has 0 spiro atoms. The van der Waals surface area contributed by atoms with Crippen molar-refractivity contribution in [3.05, 3.63) is 29.8 Å². The first-order valence-corrected chi connectivity index (χ1v) is 6.80. The lowest BCUT2D eigenvalue weighted by Crippen LogP contribution is -2.43. The van der Waals surface area contributed by atoms with Gasteiger partial charge in [-0.1, -0.05) is 0 Å². The van der Waals surface area contributed by atoms with Crippen LogP contribution < -0.4 is 4.74 Å². The Labute approximate surface area is 125 Å². The van der Waals surface area contributed by atoms with E-state index in [4.69, 9.17) is 9.47 Å². The molecule has 0 fully saturated rings. The van der Waals surface area contributed by atoms with Crippen molar-refractivity contribution in [2.45, 2.75) is 39.3 Å². The van der Waals surface area contributed by atoms with Crippen molar-refractivity contribution in [3.8, 4) is 5.75 Å². The van der Waals surface area contributed by atoms with Crippen molar-refractivity contribution in [1.29, 1.82) is 0 Å². The van der Waals surface area contributed by atoms with E-state index in [1.165, 1.54) is 4.90 Å². The monoisotopic (exact) mass is 293 g/mol. The predicted molar refractivity (Wildman–Crippen MR) is 80.8 cm³/mol. The Bertz CT molecular complexity index is 502. The molecular weight excluding hydrogens is 270 g/mol. The lowest BCUT2D eigenvalue weighted by atomic mass is 10.0. The average molecular weight is 293 g/mol. The fourth-order valence-electron chi connectivity index (χ4n) is 1.66. The number of carbonyl (C=O) groups excluding carboxylic acids is 2. The van der Waals surface area contributed by atoms with Gasteiger partial charge in [0.25, 0.3) is 0 Å². The molecule has 5 heteroatoms. The van der Waals surface area contributed by atoms with Gasteiger partial charge >= 0.3 is 6.09 Å². The van der Waals surface area contributed by atoms with Gasteiger partial charge in [-0.2, -0.15) is 0 Å². The number of amides is 1. The van der Waals surface area contributed by atoms with Crippen LogP contribution >= 0.6 is 0 Å². The molecule has 0 unspecified atom stereocenters. The fraction of sp³-hybridized carbons (Fsp3) is 0.500. The Morgan fingerprint density at radius 2 is 1.67 bits per heavy atom. The summed E-state index contributed by atoms with van der Waals surface area (Å²) in [6.07, 6.45) is -0.517. The van der Waals surface area contributed by atoms with E-state index in [1.807, 2.05) is 0 Å². The second kappa shape index (κ2) is 6.61. The van der Waals surface area contributed by atoms with Crippen LogP contribution in [0.25, 0.3) is 0 Å². The number of hydrogen-bond donors (Lipinski definition) is 0. The van der Waals surface area contributed by atoms with Gasteiger partial charge in [-0.05, 0) is 52.0 Å². The van der Waals surface area contributed by atoms with E-state index in [9.17, 15) is 9.59 Å². The summed E-state index contributed by atoms with van der Waals surface area (Å²) < 4.78 is 10.3. The van der Waals surface area contributed by atoms with E-state index in [2.05, 4.69) is 0 Å². The number of hydrogen-bond acceptors (Lipinski definition) is 4. The van der Waals surface area contributed by atoms with Crippen LogP contribution in [0.4, 0.5) is 4.79 Å². The van der Waals surface area contributed by atoms with Gasteiger partial charge < -0.3 is 14.4 Å². The van der Waals surface area contributed by atoms with Crippen molar-refractivity contribution in [1.82, 2.24) is 4.90 Å². The lowest BCUT2D eigenvalue weighted by molar-refractivity contribution is 0.0231. The molecular formula is C16H23NO4. The largest absolute Gasteiger partial charge is 0.497 e. The molecule has 0 aromatic heterocycles. The highest BCUT2D eigenvalue weighted by atomic mass is 16.6. The molecule has 1 atom stereocenters. The molecule has 0 N–H and O–H groups in total. The summed E-state index contributed by atoms with van der Waals surface area (Å²) in [6.45, 7) is 7.04. The number of ether oxygens (including phenoxy) is 2. The Balaban J connectivity index is 2.78. The smallest absolute Gasteiger partial charge is 0.410 e. The molecule has 0 aliphatic rings. The van der Waals surface area contributed by atoms with E-state index in [1.54, 1.807) is 66.1 Å². The summed E-state index contributed by atoms with van der Waals surface area (Å²) in [5.74, 6) is 0.533. The number of rotatable bonds is 4. The van der Waals surface area contributed by atoms with E-state index in [0.717, 1.165) is 0 Å². The third kappa shape index (κ3) is 4.77. The Hall–Kier alpha value is -2.04. The number of likely N-dealkylation sites (N-methyl/N-ethyl adjacent to an activating group) is 1. The van der Waals surface area contributed by atoms with Gasteiger partial charge in [0.05, 0.1) is 13.2 Å². The molecule has 0 saturated carbocycles. The molecule has 1 aromatic carbocycles. The molecule has 0 saturated heterocycles. The summed E-state index contributed by atoms with van der Waals surface area (Å²) in [4.78, 5) is 25.6. The van der Waals surface area contributed by atoms with Crippen molar-refractivity contribution >= 4 is 11.9 Å². The zero-order valence-corrected chi connectivity index (χ0v) is 13.5. The van der Waals surface area contributed by atoms with Gasteiger partial charge in [0.15, 0.2) is 5.78 Å². The Kier molecular flexibility index (Phi) is 5.35. The van der Waals surface area contributed by atoms with Crippen molar-refractivity contribution < 1.29 is 19.1 Å². The molecule has 1 rings (SSSR count). The Morgan fingerprint density at radius 1 is 1.14 bits per heavy atom. The minimum absolute atomic E-state index is 0.147. The summed E-state index contributed by atoms with van der Waals surface area (Å²) >= 11 is 0. The van der Waals surface area contributed by atoms with Crippen LogP contribution in [0.5, 0.6) is 5.75 Å². The molecule has 0 radical (unpaired) electrons. The third-order valence-corrected chi connectivity index (χ3v) is 3.02.